The van der Waals surface area contributed by atoms with Gasteiger partial charge >= 0.3 is 6.03 Å². The zero-order valence-corrected chi connectivity index (χ0v) is 15.0. The average Bonchev–Trinajstić information content (AvgIpc) is 2.46. The van der Waals surface area contributed by atoms with Gasteiger partial charge in [-0.05, 0) is 38.7 Å². The molecule has 24 heavy (non-hydrogen) atoms. The van der Waals surface area contributed by atoms with Gasteiger partial charge in [-0.2, -0.15) is 0 Å². The predicted octanol–water partition coefficient (Wildman–Crippen LogP) is 1.28. The molecule has 0 atom stereocenters. The van der Waals surface area contributed by atoms with Crippen molar-refractivity contribution < 1.29 is 17.9 Å². The summed E-state index contributed by atoms with van der Waals surface area (Å²) in [7, 11) is -2.46. The Morgan fingerprint density at radius 2 is 2.17 bits per heavy atom. The number of rotatable bonds is 5. The quantitative estimate of drug-likeness (QED) is 0.665. The van der Waals surface area contributed by atoms with Crippen LogP contribution in [0.3, 0.4) is 0 Å². The van der Waals surface area contributed by atoms with Crippen molar-refractivity contribution in [1.29, 1.82) is 0 Å². The van der Waals surface area contributed by atoms with Crippen LogP contribution in [0.2, 0.25) is 0 Å². The first-order valence-corrected chi connectivity index (χ1v) is 9.20. The summed E-state index contributed by atoms with van der Waals surface area (Å²) in [6, 6.07) is -0.944. The van der Waals surface area contributed by atoms with E-state index in [-0.39, 0.29) is 16.5 Å². The maximum absolute atomic E-state index is 12.3. The van der Waals surface area contributed by atoms with Gasteiger partial charge < -0.3 is 4.74 Å². The number of hydrazone groups is 1. The summed E-state index contributed by atoms with van der Waals surface area (Å²) in [5, 5.41) is 5.35. The standard InChI is InChI=1S/C13H20ClN5O4S/c1-9-7-10(8-23-2)16-19(15-9)17-13(20)18-24(21,22)12-6-4-3-5-11(12)14/h7,15H,3-6,8H2,1-2H3,(H2,17,18,20). The molecule has 0 saturated carbocycles. The molecule has 0 unspecified atom stereocenters. The van der Waals surface area contributed by atoms with Crippen molar-refractivity contribution in [2.45, 2.75) is 32.6 Å². The second-order valence-electron chi connectivity index (χ2n) is 5.36. The van der Waals surface area contributed by atoms with Crippen molar-refractivity contribution in [2.24, 2.45) is 5.10 Å². The lowest BCUT2D eigenvalue weighted by Crippen LogP contribution is -2.53. The topological polar surface area (TPSA) is 112 Å². The van der Waals surface area contributed by atoms with Gasteiger partial charge in [0, 0.05) is 17.8 Å². The molecule has 0 bridgehead atoms. The molecule has 2 aliphatic rings. The third kappa shape index (κ3) is 4.86. The SMILES string of the molecule is COCC1=NN(NC(=O)NS(=O)(=O)C2=C(Cl)CCCC2)NC(C)=C1. The monoisotopic (exact) mass is 377 g/mol. The molecule has 3 N–H and O–H groups in total. The highest BCUT2D eigenvalue weighted by Crippen LogP contribution is 2.30. The van der Waals surface area contributed by atoms with Crippen LogP contribution in [0.4, 0.5) is 4.79 Å². The fourth-order valence-electron chi connectivity index (χ4n) is 2.33. The number of carbonyl (C=O) groups excluding carboxylic acids is 1. The van der Waals surface area contributed by atoms with Crippen LogP contribution in [0.5, 0.6) is 0 Å². The lowest BCUT2D eigenvalue weighted by atomic mass is 10.1. The Balaban J connectivity index is 2.02. The van der Waals surface area contributed by atoms with Gasteiger partial charge in [0.15, 0.2) is 0 Å². The van der Waals surface area contributed by atoms with Crippen molar-refractivity contribution in [3.63, 3.8) is 0 Å². The van der Waals surface area contributed by atoms with Crippen molar-refractivity contribution in [3.05, 3.63) is 21.7 Å². The number of urea groups is 1. The molecule has 9 nitrogen and oxygen atoms in total. The molecule has 0 aromatic carbocycles. The van der Waals surface area contributed by atoms with Crippen LogP contribution in [-0.2, 0) is 14.8 Å². The lowest BCUT2D eigenvalue weighted by Gasteiger charge is -2.26. The summed E-state index contributed by atoms with van der Waals surface area (Å²) in [6.07, 6.45) is 4.12. The molecular weight excluding hydrogens is 358 g/mol. The molecule has 1 aliphatic carbocycles. The molecule has 1 heterocycles. The van der Waals surface area contributed by atoms with E-state index in [0.717, 1.165) is 18.1 Å². The van der Waals surface area contributed by atoms with Crippen LogP contribution in [0, 0.1) is 0 Å². The van der Waals surface area contributed by atoms with Gasteiger partial charge in [-0.15, -0.1) is 10.3 Å². The molecular formula is C13H20ClN5O4S. The van der Waals surface area contributed by atoms with E-state index in [1.165, 1.54) is 7.11 Å². The summed E-state index contributed by atoms with van der Waals surface area (Å²) in [4.78, 5) is 12.0. The first kappa shape index (κ1) is 18.6. The summed E-state index contributed by atoms with van der Waals surface area (Å²) >= 11 is 5.98. The number of hydrogen-bond donors (Lipinski definition) is 3. The molecule has 0 fully saturated rings. The smallest absolute Gasteiger partial charge is 0.350 e. The van der Waals surface area contributed by atoms with E-state index in [1.807, 2.05) is 4.72 Å². The van der Waals surface area contributed by atoms with E-state index >= 15 is 0 Å². The fraction of sp³-hybridized carbons (Fsp3) is 0.538. The Labute approximate surface area is 145 Å². The Hall–Kier alpha value is -1.78. The number of carbonyl (C=O) groups is 1. The van der Waals surface area contributed by atoms with E-state index in [0.29, 0.717) is 24.3 Å². The van der Waals surface area contributed by atoms with Gasteiger partial charge in [0.1, 0.15) is 0 Å². The van der Waals surface area contributed by atoms with Crippen molar-refractivity contribution in [3.8, 4) is 0 Å². The molecule has 0 aromatic heterocycles. The second kappa shape index (κ2) is 7.86. The molecule has 0 radical (unpaired) electrons. The number of nitrogens with one attached hydrogen (secondary N) is 3. The first-order chi connectivity index (χ1) is 11.3. The zero-order valence-electron chi connectivity index (χ0n) is 13.4. The minimum atomic E-state index is -3.98. The van der Waals surface area contributed by atoms with Gasteiger partial charge in [0.05, 0.1) is 17.2 Å². The van der Waals surface area contributed by atoms with E-state index in [1.54, 1.807) is 13.0 Å². The number of amides is 2. The highest BCUT2D eigenvalue weighted by molar-refractivity contribution is 7.94. The van der Waals surface area contributed by atoms with Gasteiger partial charge in [-0.3, -0.25) is 5.43 Å². The zero-order chi connectivity index (χ0) is 17.7. The number of hydrazine groups is 2. The summed E-state index contributed by atoms with van der Waals surface area (Å²) in [6.45, 7) is 2.01. The fourth-order valence-corrected chi connectivity index (χ4v) is 4.08. The Morgan fingerprint density at radius 3 is 2.83 bits per heavy atom. The summed E-state index contributed by atoms with van der Waals surface area (Å²) in [5.41, 5.74) is 6.32. The minimum Gasteiger partial charge on any atom is -0.378 e. The first-order valence-electron chi connectivity index (χ1n) is 7.34. The third-order valence-electron chi connectivity index (χ3n) is 3.30. The van der Waals surface area contributed by atoms with Crippen molar-refractivity contribution in [2.75, 3.05) is 13.7 Å². The van der Waals surface area contributed by atoms with E-state index in [4.69, 9.17) is 16.3 Å². The number of sulfonamides is 1. The van der Waals surface area contributed by atoms with Gasteiger partial charge in [-0.1, -0.05) is 11.6 Å². The molecule has 11 heteroatoms. The molecule has 0 spiro atoms. The highest BCUT2D eigenvalue weighted by Gasteiger charge is 2.26. The van der Waals surface area contributed by atoms with E-state index in [2.05, 4.69) is 16.0 Å². The number of hydrogen-bond acceptors (Lipinski definition) is 7. The lowest BCUT2D eigenvalue weighted by molar-refractivity contribution is 0.142. The number of methoxy groups -OCH3 is 1. The molecule has 2 rings (SSSR count). The van der Waals surface area contributed by atoms with Crippen LogP contribution in [0.15, 0.2) is 26.8 Å². The molecule has 1 aliphatic heterocycles. The largest absolute Gasteiger partial charge is 0.378 e. The number of halogens is 1. The van der Waals surface area contributed by atoms with Crippen LogP contribution in [0.1, 0.15) is 32.6 Å². The molecule has 0 saturated heterocycles. The van der Waals surface area contributed by atoms with Gasteiger partial charge in [-0.25, -0.2) is 23.4 Å². The Morgan fingerprint density at radius 1 is 1.46 bits per heavy atom. The maximum Gasteiger partial charge on any atom is 0.350 e. The Bertz CT molecular complexity index is 701. The maximum atomic E-state index is 12.3. The van der Waals surface area contributed by atoms with Crippen LogP contribution in [-0.4, -0.2) is 39.1 Å². The highest BCUT2D eigenvalue weighted by atomic mass is 35.5. The second-order valence-corrected chi connectivity index (χ2v) is 7.52. The van der Waals surface area contributed by atoms with Crippen LogP contribution >= 0.6 is 11.6 Å². The van der Waals surface area contributed by atoms with E-state index in [9.17, 15) is 13.2 Å². The van der Waals surface area contributed by atoms with Gasteiger partial charge in [0.25, 0.3) is 10.0 Å². The normalized spacial score (nSPS) is 18.5. The minimum absolute atomic E-state index is 0.0665. The average molecular weight is 378 g/mol. The van der Waals surface area contributed by atoms with Crippen LogP contribution in [0.25, 0.3) is 0 Å². The third-order valence-corrected chi connectivity index (χ3v) is 5.38. The van der Waals surface area contributed by atoms with Crippen LogP contribution < -0.4 is 15.6 Å². The van der Waals surface area contributed by atoms with Crippen molar-refractivity contribution >= 4 is 33.4 Å². The number of nitrogens with zero attached hydrogens (tertiary/aromatic N) is 2. The number of allylic oxidation sites excluding steroid dienone is 3. The molecule has 0 aromatic rings. The summed E-state index contributed by atoms with van der Waals surface area (Å²) in [5.74, 6) is 0. The molecule has 134 valence electrons. The van der Waals surface area contributed by atoms with Gasteiger partial charge in [0.2, 0.25) is 0 Å². The van der Waals surface area contributed by atoms with Crippen molar-refractivity contribution in [1.82, 2.24) is 20.8 Å². The Kier molecular flexibility index (Phi) is 6.08. The predicted molar refractivity (Wildman–Crippen MR) is 90.0 cm³/mol. The molecule has 2 amide bonds. The summed E-state index contributed by atoms with van der Waals surface area (Å²) < 4.78 is 31.4. The number of ether oxygens (including phenoxy) is 1. The van der Waals surface area contributed by atoms with E-state index < -0.39 is 16.1 Å².